The quantitative estimate of drug-likeness (QED) is 0.579. The van der Waals surface area contributed by atoms with Gasteiger partial charge in [0.25, 0.3) is 5.56 Å². The van der Waals surface area contributed by atoms with E-state index in [1.54, 1.807) is 0 Å². The third kappa shape index (κ3) is 2.22. The third-order valence-electron chi connectivity index (χ3n) is 4.32. The Morgan fingerprint density at radius 1 is 1.12 bits per heavy atom. The van der Waals surface area contributed by atoms with Gasteiger partial charge in [-0.1, -0.05) is 49.7 Å². The van der Waals surface area contributed by atoms with Crippen molar-refractivity contribution in [3.05, 3.63) is 63.9 Å². The molecule has 4 nitrogen and oxygen atoms in total. The predicted octanol–water partition coefficient (Wildman–Crippen LogP) is 4.77. The Morgan fingerprint density at radius 3 is 2.71 bits per heavy atom. The second kappa shape index (κ2) is 5.34. The summed E-state index contributed by atoms with van der Waals surface area (Å²) in [7, 11) is 0. The van der Waals surface area contributed by atoms with E-state index in [2.05, 4.69) is 24.9 Å². The van der Waals surface area contributed by atoms with Crippen molar-refractivity contribution in [1.29, 1.82) is 0 Å². The maximum absolute atomic E-state index is 12.5. The zero-order valence-corrected chi connectivity index (χ0v) is 13.9. The lowest BCUT2D eigenvalue weighted by Gasteiger charge is -2.11. The van der Waals surface area contributed by atoms with Gasteiger partial charge in [-0.15, -0.1) is 0 Å². The highest BCUT2D eigenvalue weighted by atomic mass is 16.3. The molecule has 0 aliphatic heterocycles. The first-order valence-electron chi connectivity index (χ1n) is 8.07. The fourth-order valence-corrected chi connectivity index (χ4v) is 3.11. The lowest BCUT2D eigenvalue weighted by molar-refractivity contribution is 0.661. The molecule has 2 aromatic heterocycles. The van der Waals surface area contributed by atoms with Gasteiger partial charge in [0.2, 0.25) is 5.58 Å². The predicted molar refractivity (Wildman–Crippen MR) is 96.4 cm³/mol. The first-order chi connectivity index (χ1) is 11.5. The van der Waals surface area contributed by atoms with Crippen LogP contribution in [0, 0.1) is 6.92 Å². The molecule has 0 aliphatic carbocycles. The van der Waals surface area contributed by atoms with Crippen LogP contribution in [0.1, 0.15) is 30.9 Å². The third-order valence-corrected chi connectivity index (χ3v) is 4.32. The SMILES string of the molecule is Cc1ccc2oc3c(=O)[nH]c(-c4ccccc4C(C)C)nc3c2c1. The van der Waals surface area contributed by atoms with Gasteiger partial charge in [0, 0.05) is 10.9 Å². The van der Waals surface area contributed by atoms with Crippen LogP contribution in [0.3, 0.4) is 0 Å². The van der Waals surface area contributed by atoms with Crippen molar-refractivity contribution in [3.8, 4) is 11.4 Å². The van der Waals surface area contributed by atoms with E-state index in [0.717, 1.165) is 22.1 Å². The van der Waals surface area contributed by atoms with E-state index in [4.69, 9.17) is 9.40 Å². The van der Waals surface area contributed by atoms with Gasteiger partial charge in [0.05, 0.1) is 0 Å². The number of fused-ring (bicyclic) bond motifs is 3. The van der Waals surface area contributed by atoms with Crippen LogP contribution in [-0.2, 0) is 0 Å². The largest absolute Gasteiger partial charge is 0.449 e. The van der Waals surface area contributed by atoms with Crippen LogP contribution < -0.4 is 5.56 Å². The molecule has 2 heterocycles. The maximum Gasteiger partial charge on any atom is 0.294 e. The van der Waals surface area contributed by atoms with E-state index >= 15 is 0 Å². The molecule has 24 heavy (non-hydrogen) atoms. The Morgan fingerprint density at radius 2 is 1.92 bits per heavy atom. The highest BCUT2D eigenvalue weighted by Gasteiger charge is 2.16. The summed E-state index contributed by atoms with van der Waals surface area (Å²) < 4.78 is 5.70. The monoisotopic (exact) mass is 318 g/mol. The molecule has 0 saturated carbocycles. The minimum absolute atomic E-state index is 0.248. The number of nitrogens with one attached hydrogen (secondary N) is 1. The second-order valence-electron chi connectivity index (χ2n) is 6.44. The van der Waals surface area contributed by atoms with E-state index in [1.165, 1.54) is 0 Å². The van der Waals surface area contributed by atoms with Crippen LogP contribution in [0.15, 0.2) is 51.7 Å². The summed E-state index contributed by atoms with van der Waals surface area (Å²) in [6, 6.07) is 13.9. The highest BCUT2D eigenvalue weighted by molar-refractivity contribution is 6.02. The fourth-order valence-electron chi connectivity index (χ4n) is 3.11. The van der Waals surface area contributed by atoms with E-state index in [0.29, 0.717) is 22.8 Å². The van der Waals surface area contributed by atoms with Gasteiger partial charge in [-0.3, -0.25) is 4.79 Å². The van der Waals surface area contributed by atoms with Gasteiger partial charge in [0.15, 0.2) is 0 Å². The molecule has 0 radical (unpaired) electrons. The van der Waals surface area contributed by atoms with Crippen LogP contribution in [0.5, 0.6) is 0 Å². The normalized spacial score (nSPS) is 11.7. The maximum atomic E-state index is 12.5. The Bertz CT molecular complexity index is 1120. The molecule has 4 rings (SSSR count). The van der Waals surface area contributed by atoms with Crippen molar-refractivity contribution in [3.63, 3.8) is 0 Å². The summed E-state index contributed by atoms with van der Waals surface area (Å²) in [4.78, 5) is 20.1. The van der Waals surface area contributed by atoms with Crippen molar-refractivity contribution in [2.75, 3.05) is 0 Å². The average molecular weight is 318 g/mol. The van der Waals surface area contributed by atoms with E-state index in [1.807, 2.05) is 43.3 Å². The molecule has 2 aromatic carbocycles. The van der Waals surface area contributed by atoms with E-state index in [-0.39, 0.29) is 11.1 Å². The Balaban J connectivity index is 2.07. The number of benzene rings is 2. The van der Waals surface area contributed by atoms with Gasteiger partial charge in [-0.05, 0) is 30.5 Å². The van der Waals surface area contributed by atoms with Gasteiger partial charge in [-0.25, -0.2) is 4.98 Å². The van der Waals surface area contributed by atoms with Crippen molar-refractivity contribution in [2.24, 2.45) is 0 Å². The molecule has 0 spiro atoms. The lowest BCUT2D eigenvalue weighted by Crippen LogP contribution is -2.09. The van der Waals surface area contributed by atoms with Gasteiger partial charge in [-0.2, -0.15) is 0 Å². The molecule has 0 bridgehead atoms. The van der Waals surface area contributed by atoms with E-state index < -0.39 is 0 Å². The van der Waals surface area contributed by atoms with Gasteiger partial charge in [0.1, 0.15) is 16.9 Å². The van der Waals surface area contributed by atoms with Crippen LogP contribution >= 0.6 is 0 Å². The second-order valence-corrected chi connectivity index (χ2v) is 6.44. The molecule has 0 atom stereocenters. The molecular weight excluding hydrogens is 300 g/mol. The van der Waals surface area contributed by atoms with Crippen LogP contribution in [-0.4, -0.2) is 9.97 Å². The molecular formula is C20H18N2O2. The zero-order chi connectivity index (χ0) is 16.8. The van der Waals surface area contributed by atoms with Crippen molar-refractivity contribution >= 4 is 22.1 Å². The highest BCUT2D eigenvalue weighted by Crippen LogP contribution is 2.30. The number of H-pyrrole nitrogens is 1. The summed E-state index contributed by atoms with van der Waals surface area (Å²) in [6.45, 7) is 6.28. The number of aryl methyl sites for hydroxylation is 1. The van der Waals surface area contributed by atoms with Crippen molar-refractivity contribution < 1.29 is 4.42 Å². The smallest absolute Gasteiger partial charge is 0.294 e. The molecule has 1 N–H and O–H groups in total. The lowest BCUT2D eigenvalue weighted by atomic mass is 9.97. The number of nitrogens with zero attached hydrogens (tertiary/aromatic N) is 1. The number of aromatic amines is 1. The Kier molecular flexibility index (Phi) is 3.27. The summed E-state index contributed by atoms with van der Waals surface area (Å²) in [5, 5.41) is 0.874. The van der Waals surface area contributed by atoms with Gasteiger partial charge < -0.3 is 9.40 Å². The van der Waals surface area contributed by atoms with Crippen molar-refractivity contribution in [2.45, 2.75) is 26.7 Å². The number of hydrogen-bond donors (Lipinski definition) is 1. The van der Waals surface area contributed by atoms with E-state index in [9.17, 15) is 4.79 Å². The summed E-state index contributed by atoms with van der Waals surface area (Å²) in [5.74, 6) is 0.923. The number of aromatic nitrogens is 2. The molecule has 0 saturated heterocycles. The van der Waals surface area contributed by atoms with Crippen LogP contribution in [0.2, 0.25) is 0 Å². The first-order valence-corrected chi connectivity index (χ1v) is 8.07. The zero-order valence-electron chi connectivity index (χ0n) is 13.9. The minimum atomic E-state index is -0.248. The standard InChI is InChI=1S/C20H18N2O2/c1-11(2)13-6-4-5-7-14(13)19-21-17-15-10-12(3)8-9-16(15)24-18(17)20(23)22-19/h4-11H,1-3H3,(H,21,22,23). The van der Waals surface area contributed by atoms with Crippen LogP contribution in [0.4, 0.5) is 0 Å². The first kappa shape index (κ1) is 14.7. The molecule has 4 heteroatoms. The summed E-state index contributed by atoms with van der Waals surface area (Å²) >= 11 is 0. The number of hydrogen-bond acceptors (Lipinski definition) is 3. The average Bonchev–Trinajstić information content (AvgIpc) is 2.93. The Hall–Kier alpha value is -2.88. The van der Waals surface area contributed by atoms with Crippen LogP contribution in [0.25, 0.3) is 33.5 Å². The molecule has 0 fully saturated rings. The number of furan rings is 1. The molecule has 120 valence electrons. The van der Waals surface area contributed by atoms with Gasteiger partial charge >= 0.3 is 0 Å². The number of rotatable bonds is 2. The summed E-state index contributed by atoms with van der Waals surface area (Å²) in [5.41, 5.74) is 4.55. The van der Waals surface area contributed by atoms with Crippen molar-refractivity contribution in [1.82, 2.24) is 9.97 Å². The molecule has 0 aliphatic rings. The molecule has 0 amide bonds. The minimum Gasteiger partial charge on any atom is -0.449 e. The summed E-state index contributed by atoms with van der Waals surface area (Å²) in [6.07, 6.45) is 0. The topological polar surface area (TPSA) is 58.9 Å². The fraction of sp³-hybridized carbons (Fsp3) is 0.200. The Labute approximate surface area is 139 Å². The molecule has 4 aromatic rings. The molecule has 0 unspecified atom stereocenters.